The number of nitro groups is 1. The number of halogens is 6. The highest BCUT2D eigenvalue weighted by atomic mass is 79.9. The number of nitrogens with zero attached hydrogens (tertiary/aromatic N) is 3. The largest absolute Gasteiger partial charge is 0.487 e. The van der Waals surface area contributed by atoms with Gasteiger partial charge in [0.2, 0.25) is 0 Å². The molecule has 0 atom stereocenters. The van der Waals surface area contributed by atoms with Gasteiger partial charge in [-0.25, -0.2) is 8.78 Å². The van der Waals surface area contributed by atoms with Gasteiger partial charge in [-0.05, 0) is 15.9 Å². The maximum Gasteiger partial charge on any atom is 0.436 e. The van der Waals surface area contributed by atoms with Crippen molar-refractivity contribution in [1.29, 1.82) is 0 Å². The first kappa shape index (κ1) is 21.5. The lowest BCUT2D eigenvalue weighted by Gasteiger charge is -2.10. The number of nitrogens with one attached hydrogen (secondary N) is 1. The predicted molar refractivity (Wildman–Crippen MR) is 88.5 cm³/mol. The lowest BCUT2D eigenvalue weighted by molar-refractivity contribution is -0.384. The Kier molecular flexibility index (Phi) is 6.21. The van der Waals surface area contributed by atoms with Crippen LogP contribution in [-0.2, 0) is 13.2 Å². The van der Waals surface area contributed by atoms with E-state index in [-0.39, 0.29) is 11.4 Å². The first-order valence-corrected chi connectivity index (χ1v) is 8.01. The van der Waals surface area contributed by atoms with E-state index in [2.05, 4.69) is 26.3 Å². The molecule has 0 aliphatic carbocycles. The first-order valence-electron chi connectivity index (χ1n) is 7.21. The van der Waals surface area contributed by atoms with Gasteiger partial charge in [-0.15, -0.1) is 0 Å². The van der Waals surface area contributed by atoms with Crippen LogP contribution in [0.25, 0.3) is 0 Å². The first-order chi connectivity index (χ1) is 12.9. The number of hydrogen-bond acceptors (Lipinski definition) is 5. The Hall–Kier alpha value is -2.77. The van der Waals surface area contributed by atoms with Crippen LogP contribution in [0.15, 0.2) is 22.7 Å². The van der Waals surface area contributed by atoms with Gasteiger partial charge >= 0.3 is 6.18 Å². The van der Waals surface area contributed by atoms with Gasteiger partial charge in [0.15, 0.2) is 5.69 Å². The van der Waals surface area contributed by atoms with Crippen molar-refractivity contribution in [2.45, 2.75) is 12.6 Å². The zero-order chi connectivity index (χ0) is 21.2. The van der Waals surface area contributed by atoms with Crippen molar-refractivity contribution < 1.29 is 36.4 Å². The topological polar surface area (TPSA) is 99.3 Å². The molecule has 0 radical (unpaired) electrons. The van der Waals surface area contributed by atoms with E-state index in [4.69, 9.17) is 4.74 Å². The molecule has 0 saturated heterocycles. The Labute approximate surface area is 161 Å². The number of rotatable bonds is 6. The fraction of sp³-hybridized carbons (Fsp3) is 0.286. The van der Waals surface area contributed by atoms with Gasteiger partial charge in [0.05, 0.1) is 21.1 Å². The quantitative estimate of drug-likeness (QED) is 0.389. The smallest absolute Gasteiger partial charge is 0.436 e. The molecule has 1 N–H and O–H groups in total. The van der Waals surface area contributed by atoms with Crippen LogP contribution in [0.3, 0.4) is 0 Å². The average Bonchev–Trinajstić information content (AvgIpc) is 2.87. The second-order valence-corrected chi connectivity index (χ2v) is 6.05. The number of hydrogen-bond donors (Lipinski definition) is 1. The number of alkyl halides is 5. The van der Waals surface area contributed by atoms with Crippen LogP contribution in [0.4, 0.5) is 33.3 Å². The standard InChI is InChI=1S/C14H10BrF5N4O4/c1-23-11(10(15)12(22-23)14(18,19)20)13(25)21-6-2-7(24(26)27)4-8(3-6)28-5-9(16)17/h2-4,9H,5H2,1H3,(H,21,25). The Morgan fingerprint density at radius 3 is 2.54 bits per heavy atom. The molecule has 0 aliphatic heterocycles. The molecule has 2 aromatic rings. The van der Waals surface area contributed by atoms with Gasteiger partial charge in [0.1, 0.15) is 18.1 Å². The summed E-state index contributed by atoms with van der Waals surface area (Å²) in [6.07, 6.45) is -7.67. The zero-order valence-electron chi connectivity index (χ0n) is 13.8. The highest BCUT2D eigenvalue weighted by Gasteiger charge is 2.39. The van der Waals surface area contributed by atoms with Crippen LogP contribution in [-0.4, -0.2) is 33.6 Å². The number of anilines is 1. The summed E-state index contributed by atoms with van der Waals surface area (Å²) >= 11 is 2.66. The second-order valence-electron chi connectivity index (χ2n) is 5.26. The van der Waals surface area contributed by atoms with Crippen molar-refractivity contribution >= 4 is 33.2 Å². The van der Waals surface area contributed by atoms with E-state index in [1.165, 1.54) is 0 Å². The summed E-state index contributed by atoms with van der Waals surface area (Å²) < 4.78 is 67.9. The molecule has 28 heavy (non-hydrogen) atoms. The summed E-state index contributed by atoms with van der Waals surface area (Å²) in [6, 6.07) is 2.77. The number of nitro benzene ring substituents is 1. The summed E-state index contributed by atoms with van der Waals surface area (Å²) in [4.78, 5) is 22.5. The molecule has 0 bridgehead atoms. The third-order valence-corrected chi connectivity index (χ3v) is 3.96. The summed E-state index contributed by atoms with van der Waals surface area (Å²) in [5.74, 6) is -1.40. The number of non-ortho nitro benzene ring substituents is 1. The third-order valence-electron chi connectivity index (χ3n) is 3.21. The number of aryl methyl sites for hydroxylation is 1. The van der Waals surface area contributed by atoms with Gasteiger partial charge in [0, 0.05) is 19.2 Å². The number of aromatic nitrogens is 2. The number of benzene rings is 1. The number of carbonyl (C=O) groups is 1. The van der Waals surface area contributed by atoms with Gasteiger partial charge in [-0.3, -0.25) is 19.6 Å². The predicted octanol–water partition coefficient (Wildman–Crippen LogP) is 4.01. The summed E-state index contributed by atoms with van der Waals surface area (Å²) in [5.41, 5.74) is -2.67. The average molecular weight is 473 g/mol. The maximum absolute atomic E-state index is 12.9. The molecule has 152 valence electrons. The van der Waals surface area contributed by atoms with Crippen LogP contribution in [0.1, 0.15) is 16.2 Å². The fourth-order valence-electron chi connectivity index (χ4n) is 2.12. The fourth-order valence-corrected chi connectivity index (χ4v) is 2.86. The molecule has 1 amide bonds. The molecule has 1 aromatic heterocycles. The minimum absolute atomic E-state index is 0.245. The van der Waals surface area contributed by atoms with Gasteiger partial charge < -0.3 is 10.1 Å². The lowest BCUT2D eigenvalue weighted by atomic mass is 10.2. The number of carbonyl (C=O) groups excluding carboxylic acids is 1. The normalized spacial score (nSPS) is 11.6. The van der Waals surface area contributed by atoms with Crippen LogP contribution >= 0.6 is 15.9 Å². The van der Waals surface area contributed by atoms with E-state index in [0.29, 0.717) is 4.68 Å². The molecule has 1 aromatic carbocycles. The molecule has 0 fully saturated rings. The summed E-state index contributed by atoms with van der Waals surface area (Å²) in [7, 11) is 1.10. The zero-order valence-corrected chi connectivity index (χ0v) is 15.3. The summed E-state index contributed by atoms with van der Waals surface area (Å²) in [6.45, 7) is -1.04. The van der Waals surface area contributed by atoms with Crippen molar-refractivity contribution in [2.24, 2.45) is 7.05 Å². The molecule has 0 aliphatic rings. The van der Waals surface area contributed by atoms with Crippen LogP contribution in [0, 0.1) is 10.1 Å². The molecule has 0 spiro atoms. The van der Waals surface area contributed by atoms with Gasteiger partial charge in [-0.1, -0.05) is 0 Å². The molecule has 0 unspecified atom stereocenters. The Morgan fingerprint density at radius 1 is 1.39 bits per heavy atom. The number of amides is 1. The van der Waals surface area contributed by atoms with E-state index in [1.54, 1.807) is 0 Å². The van der Waals surface area contributed by atoms with Crippen molar-refractivity contribution in [1.82, 2.24) is 9.78 Å². The second kappa shape index (κ2) is 8.08. The van der Waals surface area contributed by atoms with Crippen molar-refractivity contribution in [2.75, 3.05) is 11.9 Å². The molecule has 1 heterocycles. The molecular weight excluding hydrogens is 463 g/mol. The van der Waals surface area contributed by atoms with E-state index in [0.717, 1.165) is 25.2 Å². The Balaban J connectivity index is 2.36. The van der Waals surface area contributed by atoms with E-state index in [9.17, 15) is 36.9 Å². The van der Waals surface area contributed by atoms with Crippen molar-refractivity contribution in [3.63, 3.8) is 0 Å². The SMILES string of the molecule is Cn1nc(C(F)(F)F)c(Br)c1C(=O)Nc1cc(OCC(F)F)cc([N+](=O)[O-])c1. The summed E-state index contributed by atoms with van der Waals surface area (Å²) in [5, 5.41) is 16.3. The minimum atomic E-state index is -4.82. The Morgan fingerprint density at radius 2 is 2.04 bits per heavy atom. The minimum Gasteiger partial charge on any atom is -0.487 e. The van der Waals surface area contributed by atoms with Crippen molar-refractivity contribution in [3.05, 3.63) is 44.2 Å². The van der Waals surface area contributed by atoms with Gasteiger partial charge in [0.25, 0.3) is 18.0 Å². The number of ether oxygens (including phenoxy) is 1. The van der Waals surface area contributed by atoms with E-state index in [1.807, 2.05) is 0 Å². The van der Waals surface area contributed by atoms with Crippen molar-refractivity contribution in [3.8, 4) is 5.75 Å². The van der Waals surface area contributed by atoms with Crippen LogP contribution in [0.5, 0.6) is 5.75 Å². The molecular formula is C14H10BrF5N4O4. The van der Waals surface area contributed by atoms with E-state index < -0.39 is 51.6 Å². The third kappa shape index (κ3) is 4.94. The van der Waals surface area contributed by atoms with E-state index >= 15 is 0 Å². The molecule has 2 rings (SSSR count). The van der Waals surface area contributed by atoms with Gasteiger partial charge in [-0.2, -0.15) is 18.3 Å². The monoisotopic (exact) mass is 472 g/mol. The Bertz CT molecular complexity index is 916. The molecule has 8 nitrogen and oxygen atoms in total. The van der Waals surface area contributed by atoms with Crippen LogP contribution < -0.4 is 10.1 Å². The van der Waals surface area contributed by atoms with Crippen LogP contribution in [0.2, 0.25) is 0 Å². The molecule has 0 saturated carbocycles. The molecule has 14 heteroatoms. The maximum atomic E-state index is 12.9. The highest BCUT2D eigenvalue weighted by Crippen LogP contribution is 2.36. The lowest BCUT2D eigenvalue weighted by Crippen LogP contribution is -2.17. The highest BCUT2D eigenvalue weighted by molar-refractivity contribution is 9.10.